The first-order chi connectivity index (χ1) is 16.9. The van der Waals surface area contributed by atoms with E-state index in [1.165, 1.54) is 37.8 Å². The monoisotopic (exact) mass is 476 g/mol. The lowest BCUT2D eigenvalue weighted by atomic mass is 9.68. The van der Waals surface area contributed by atoms with Crippen LogP contribution >= 0.6 is 0 Å². The Morgan fingerprint density at radius 3 is 2.80 bits per heavy atom. The van der Waals surface area contributed by atoms with Gasteiger partial charge in [0.05, 0.1) is 6.04 Å². The van der Waals surface area contributed by atoms with E-state index in [2.05, 4.69) is 15.9 Å². The SMILES string of the molecule is Cc1c(C)c2ccc(OCC(=O)N3CCCC4=C[C@@H]5C[C@@H](CN6CCCC[C@H]56)[C@@H]43)c(C)c2oc1=O. The molecule has 1 aromatic heterocycles. The van der Waals surface area contributed by atoms with Crippen LogP contribution in [0.15, 0.2) is 33.0 Å². The second-order valence-corrected chi connectivity index (χ2v) is 11.1. The second kappa shape index (κ2) is 8.81. The summed E-state index contributed by atoms with van der Waals surface area (Å²) < 4.78 is 11.6. The molecule has 0 radical (unpaired) electrons. The van der Waals surface area contributed by atoms with E-state index in [-0.39, 0.29) is 24.2 Å². The van der Waals surface area contributed by atoms with Gasteiger partial charge < -0.3 is 14.1 Å². The third-order valence-electron chi connectivity index (χ3n) is 9.15. The fourth-order valence-corrected chi connectivity index (χ4v) is 7.26. The van der Waals surface area contributed by atoms with Crippen molar-refractivity contribution in [2.75, 3.05) is 26.2 Å². The van der Waals surface area contributed by atoms with Gasteiger partial charge in [-0.3, -0.25) is 9.69 Å². The standard InChI is InChI=1S/C29H36N2O4/c1-17-18(2)29(33)35-28-19(3)25(10-9-23(17)28)34-16-26(32)31-12-6-7-20-13-21-14-22(27(20)31)15-30-11-5-4-8-24(21)30/h9-10,13,21-22,24,27H,4-8,11-12,14-16H2,1-3H3/t21-,22+,24-,27-/m1/s1. The number of aryl methyl sites for hydroxylation is 2. The van der Waals surface area contributed by atoms with Crippen molar-refractivity contribution >= 4 is 16.9 Å². The number of carbonyl (C=O) groups excluding carboxylic acids is 1. The van der Waals surface area contributed by atoms with Crippen molar-refractivity contribution in [1.82, 2.24) is 9.80 Å². The van der Waals surface area contributed by atoms with Gasteiger partial charge in [0.25, 0.3) is 5.91 Å². The minimum absolute atomic E-state index is 0.00763. The van der Waals surface area contributed by atoms with Crippen LogP contribution in [0.4, 0.5) is 0 Å². The van der Waals surface area contributed by atoms with E-state index in [1.54, 1.807) is 6.92 Å². The lowest BCUT2D eigenvalue weighted by Gasteiger charge is -2.54. The van der Waals surface area contributed by atoms with Crippen LogP contribution in [0.5, 0.6) is 5.75 Å². The summed E-state index contributed by atoms with van der Waals surface area (Å²) in [6, 6.07) is 4.75. The number of hydrogen-bond acceptors (Lipinski definition) is 5. The highest BCUT2D eigenvalue weighted by atomic mass is 16.5. The predicted molar refractivity (Wildman–Crippen MR) is 136 cm³/mol. The van der Waals surface area contributed by atoms with Crippen molar-refractivity contribution in [2.45, 2.75) is 71.4 Å². The number of carbonyl (C=O) groups is 1. The highest BCUT2D eigenvalue weighted by molar-refractivity contribution is 5.86. The van der Waals surface area contributed by atoms with Gasteiger partial charge in [0.1, 0.15) is 11.3 Å². The third kappa shape index (κ3) is 3.81. The molecule has 6 heteroatoms. The summed E-state index contributed by atoms with van der Waals surface area (Å²) >= 11 is 0. The zero-order valence-corrected chi connectivity index (χ0v) is 21.1. The predicted octanol–water partition coefficient (Wildman–Crippen LogP) is 4.52. The number of rotatable bonds is 3. The molecule has 0 saturated carbocycles. The van der Waals surface area contributed by atoms with Gasteiger partial charge >= 0.3 is 5.63 Å². The summed E-state index contributed by atoms with van der Waals surface area (Å²) in [6.07, 6.45) is 9.89. The average Bonchev–Trinajstić information content (AvgIpc) is 2.87. The maximum atomic E-state index is 13.5. The number of nitrogens with zero attached hydrogens (tertiary/aromatic N) is 2. The van der Waals surface area contributed by atoms with Crippen molar-refractivity contribution in [3.63, 3.8) is 0 Å². The first-order valence-corrected chi connectivity index (χ1v) is 13.3. The lowest BCUT2D eigenvalue weighted by Crippen LogP contribution is -2.60. The maximum Gasteiger partial charge on any atom is 0.339 e. The molecule has 0 spiro atoms. The van der Waals surface area contributed by atoms with Gasteiger partial charge in [0.15, 0.2) is 6.61 Å². The maximum absolute atomic E-state index is 13.5. The largest absolute Gasteiger partial charge is 0.483 e. The minimum atomic E-state index is -0.321. The van der Waals surface area contributed by atoms with Crippen LogP contribution in [0.2, 0.25) is 0 Å². The van der Waals surface area contributed by atoms with Gasteiger partial charge in [0.2, 0.25) is 0 Å². The van der Waals surface area contributed by atoms with Gasteiger partial charge in [-0.15, -0.1) is 0 Å². The van der Waals surface area contributed by atoms with Crippen LogP contribution in [0.1, 0.15) is 55.2 Å². The quantitative estimate of drug-likeness (QED) is 0.482. The Bertz CT molecular complexity index is 1260. The Balaban J connectivity index is 1.21. The Kier molecular flexibility index (Phi) is 5.75. The first-order valence-electron chi connectivity index (χ1n) is 13.3. The summed E-state index contributed by atoms with van der Waals surface area (Å²) in [5, 5.41) is 0.911. The molecule has 6 nitrogen and oxygen atoms in total. The highest BCUT2D eigenvalue weighted by Crippen LogP contribution is 2.45. The summed E-state index contributed by atoms with van der Waals surface area (Å²) in [7, 11) is 0. The Hall–Kier alpha value is -2.60. The molecule has 4 aliphatic rings. The zero-order valence-electron chi connectivity index (χ0n) is 21.1. The van der Waals surface area contributed by atoms with Gasteiger partial charge in [-0.05, 0) is 89.0 Å². The van der Waals surface area contributed by atoms with E-state index in [0.717, 1.165) is 42.4 Å². The summed E-state index contributed by atoms with van der Waals surface area (Å²) in [6.45, 7) is 8.75. The smallest absolute Gasteiger partial charge is 0.339 e. The Labute approximate surface area is 206 Å². The summed E-state index contributed by atoms with van der Waals surface area (Å²) in [5.74, 6) is 1.85. The fourth-order valence-electron chi connectivity index (χ4n) is 7.26. The van der Waals surface area contributed by atoms with Gasteiger partial charge in [-0.2, -0.15) is 0 Å². The topological polar surface area (TPSA) is 63.0 Å². The molecule has 4 atom stereocenters. The third-order valence-corrected chi connectivity index (χ3v) is 9.15. The summed E-state index contributed by atoms with van der Waals surface area (Å²) in [5.41, 5.74) is 4.03. The molecular formula is C29H36N2O4. The number of benzene rings is 1. The average molecular weight is 477 g/mol. The molecule has 4 heterocycles. The number of hydrogen-bond donors (Lipinski definition) is 0. The van der Waals surface area contributed by atoms with E-state index in [4.69, 9.17) is 9.15 Å². The molecule has 3 saturated heterocycles. The van der Waals surface area contributed by atoms with Crippen LogP contribution in [0.25, 0.3) is 11.0 Å². The molecule has 1 aromatic carbocycles. The molecule has 3 aliphatic heterocycles. The van der Waals surface area contributed by atoms with Crippen molar-refractivity contribution in [2.24, 2.45) is 11.8 Å². The Morgan fingerprint density at radius 1 is 1.09 bits per heavy atom. The van der Waals surface area contributed by atoms with Crippen LogP contribution < -0.4 is 10.4 Å². The molecule has 0 unspecified atom stereocenters. The Morgan fingerprint density at radius 2 is 1.94 bits per heavy atom. The first kappa shape index (κ1) is 22.8. The van der Waals surface area contributed by atoms with E-state index in [1.807, 2.05) is 26.0 Å². The number of ether oxygens (including phenoxy) is 1. The molecule has 186 valence electrons. The molecule has 35 heavy (non-hydrogen) atoms. The number of amides is 1. The second-order valence-electron chi connectivity index (χ2n) is 11.1. The molecule has 2 bridgehead atoms. The van der Waals surface area contributed by atoms with Gasteiger partial charge in [0, 0.05) is 35.6 Å². The lowest BCUT2D eigenvalue weighted by molar-refractivity contribution is -0.138. The van der Waals surface area contributed by atoms with Crippen LogP contribution in [0, 0.1) is 32.6 Å². The van der Waals surface area contributed by atoms with E-state index < -0.39 is 0 Å². The number of piperidine rings is 3. The van der Waals surface area contributed by atoms with Gasteiger partial charge in [-0.25, -0.2) is 4.79 Å². The van der Waals surface area contributed by atoms with Crippen LogP contribution in [-0.4, -0.2) is 54.0 Å². The van der Waals surface area contributed by atoms with Crippen LogP contribution in [-0.2, 0) is 4.79 Å². The van der Waals surface area contributed by atoms with E-state index in [9.17, 15) is 9.59 Å². The molecule has 0 N–H and O–H groups in total. The molecular weight excluding hydrogens is 440 g/mol. The number of fused-ring (bicyclic) bond motifs is 7. The molecule has 1 amide bonds. The minimum Gasteiger partial charge on any atom is -0.483 e. The van der Waals surface area contributed by atoms with E-state index >= 15 is 0 Å². The van der Waals surface area contributed by atoms with E-state index in [0.29, 0.717) is 34.8 Å². The van der Waals surface area contributed by atoms with Gasteiger partial charge in [-0.1, -0.05) is 18.1 Å². The highest BCUT2D eigenvalue weighted by Gasteiger charge is 2.46. The van der Waals surface area contributed by atoms with Crippen molar-refractivity contribution in [1.29, 1.82) is 0 Å². The van der Waals surface area contributed by atoms with Crippen molar-refractivity contribution in [3.8, 4) is 5.75 Å². The van der Waals surface area contributed by atoms with Crippen molar-refractivity contribution in [3.05, 3.63) is 50.9 Å². The van der Waals surface area contributed by atoms with Crippen LogP contribution in [0.3, 0.4) is 0 Å². The normalized spacial score (nSPS) is 28.3. The molecule has 1 aliphatic carbocycles. The zero-order chi connectivity index (χ0) is 24.3. The molecule has 3 fully saturated rings. The summed E-state index contributed by atoms with van der Waals surface area (Å²) in [4.78, 5) is 30.5. The number of likely N-dealkylation sites (tertiary alicyclic amines) is 1. The fraction of sp³-hybridized carbons (Fsp3) is 0.586. The molecule has 6 rings (SSSR count). The van der Waals surface area contributed by atoms with Crippen molar-refractivity contribution < 1.29 is 13.9 Å². The molecule has 2 aromatic rings.